The number of halogens is 2. The third kappa shape index (κ3) is 4.88. The second-order valence-corrected chi connectivity index (χ2v) is 7.17. The van der Waals surface area contributed by atoms with Gasteiger partial charge in [0.2, 0.25) is 0 Å². The zero-order valence-electron chi connectivity index (χ0n) is 12.3. The fraction of sp³-hybridized carbons (Fsp3) is 0.533. The highest BCUT2D eigenvalue weighted by Crippen LogP contribution is 2.28. The van der Waals surface area contributed by atoms with Crippen LogP contribution in [0.3, 0.4) is 0 Å². The summed E-state index contributed by atoms with van der Waals surface area (Å²) in [5.74, 6) is 0.550. The van der Waals surface area contributed by atoms with E-state index in [-0.39, 0.29) is 5.82 Å². The summed E-state index contributed by atoms with van der Waals surface area (Å²) < 4.78 is 14.2. The van der Waals surface area contributed by atoms with Crippen molar-refractivity contribution in [2.24, 2.45) is 4.99 Å². The molecule has 0 saturated heterocycles. The maximum absolute atomic E-state index is 13.3. The molecule has 0 aliphatic heterocycles. The Balaban J connectivity index is 1.87. The topological polar surface area (TPSA) is 36.4 Å². The Hall–Kier alpha value is -0.750. The molecule has 1 aliphatic rings. The lowest BCUT2D eigenvalue weighted by atomic mass is 10.2. The Morgan fingerprint density at radius 2 is 2.29 bits per heavy atom. The van der Waals surface area contributed by atoms with Crippen LogP contribution >= 0.6 is 27.7 Å². The van der Waals surface area contributed by atoms with Crippen molar-refractivity contribution in [2.75, 3.05) is 13.3 Å². The van der Waals surface area contributed by atoms with Gasteiger partial charge in [0, 0.05) is 29.4 Å². The van der Waals surface area contributed by atoms with Crippen LogP contribution in [-0.2, 0) is 6.54 Å². The van der Waals surface area contributed by atoms with Gasteiger partial charge in [-0.25, -0.2) is 4.39 Å². The highest BCUT2D eigenvalue weighted by molar-refractivity contribution is 9.10. The van der Waals surface area contributed by atoms with E-state index >= 15 is 0 Å². The Morgan fingerprint density at radius 3 is 2.95 bits per heavy atom. The van der Waals surface area contributed by atoms with Gasteiger partial charge < -0.3 is 10.6 Å². The van der Waals surface area contributed by atoms with E-state index in [1.54, 1.807) is 13.1 Å². The summed E-state index contributed by atoms with van der Waals surface area (Å²) in [5, 5.41) is 7.45. The smallest absolute Gasteiger partial charge is 0.191 e. The first-order valence-corrected chi connectivity index (χ1v) is 9.14. The largest absolute Gasteiger partial charge is 0.354 e. The lowest BCUT2D eigenvalue weighted by molar-refractivity contribution is 0.611. The van der Waals surface area contributed by atoms with Crippen molar-refractivity contribution in [3.05, 3.63) is 34.1 Å². The highest BCUT2D eigenvalue weighted by Gasteiger charge is 2.24. The van der Waals surface area contributed by atoms with E-state index in [0.29, 0.717) is 12.6 Å². The van der Waals surface area contributed by atoms with Gasteiger partial charge >= 0.3 is 0 Å². The van der Waals surface area contributed by atoms with Gasteiger partial charge in [-0.05, 0) is 49.3 Å². The van der Waals surface area contributed by atoms with E-state index in [1.807, 2.05) is 11.8 Å². The standard InChI is InChI=1S/C15H21BrFN3S/c1-18-15(20-12-4-5-13(8-12)21-2)19-9-10-7-11(17)3-6-14(10)16/h3,6-7,12-13H,4-5,8-9H2,1-2H3,(H2,18,19,20). The minimum Gasteiger partial charge on any atom is -0.354 e. The second-order valence-electron chi connectivity index (χ2n) is 5.17. The molecular weight excluding hydrogens is 353 g/mol. The van der Waals surface area contributed by atoms with Crippen molar-refractivity contribution in [3.8, 4) is 0 Å². The number of hydrogen-bond donors (Lipinski definition) is 2. The van der Waals surface area contributed by atoms with Gasteiger partial charge in [-0.2, -0.15) is 11.8 Å². The van der Waals surface area contributed by atoms with Crippen LogP contribution in [-0.4, -0.2) is 30.6 Å². The number of aliphatic imine (C=N–C) groups is 1. The van der Waals surface area contributed by atoms with E-state index in [1.165, 1.54) is 31.4 Å². The van der Waals surface area contributed by atoms with Crippen molar-refractivity contribution in [1.29, 1.82) is 0 Å². The van der Waals surface area contributed by atoms with Crippen LogP contribution in [0, 0.1) is 5.82 Å². The number of rotatable bonds is 4. The summed E-state index contributed by atoms with van der Waals surface area (Å²) in [4.78, 5) is 4.25. The van der Waals surface area contributed by atoms with E-state index in [0.717, 1.165) is 21.2 Å². The summed E-state index contributed by atoms with van der Waals surface area (Å²) in [6.45, 7) is 0.538. The molecular formula is C15H21BrFN3S. The normalized spacial score (nSPS) is 22.4. The molecule has 0 amide bonds. The zero-order chi connectivity index (χ0) is 15.2. The average Bonchev–Trinajstić information content (AvgIpc) is 2.94. The predicted octanol–water partition coefficient (Wildman–Crippen LogP) is 3.54. The molecule has 2 unspecified atom stereocenters. The Labute approximate surface area is 138 Å². The third-order valence-electron chi connectivity index (χ3n) is 3.74. The van der Waals surface area contributed by atoms with Crippen molar-refractivity contribution in [3.63, 3.8) is 0 Å². The lowest BCUT2D eigenvalue weighted by Crippen LogP contribution is -2.42. The quantitative estimate of drug-likeness (QED) is 0.625. The van der Waals surface area contributed by atoms with E-state index in [4.69, 9.17) is 0 Å². The molecule has 1 saturated carbocycles. The van der Waals surface area contributed by atoms with Gasteiger partial charge in [0.25, 0.3) is 0 Å². The van der Waals surface area contributed by atoms with Crippen LogP contribution in [0.15, 0.2) is 27.7 Å². The minimum absolute atomic E-state index is 0.225. The Bertz CT molecular complexity index is 510. The number of thioether (sulfide) groups is 1. The molecule has 116 valence electrons. The fourth-order valence-corrected chi connectivity index (χ4v) is 3.71. The van der Waals surface area contributed by atoms with Gasteiger partial charge in [-0.15, -0.1) is 0 Å². The summed E-state index contributed by atoms with van der Waals surface area (Å²) in [6, 6.07) is 5.18. The van der Waals surface area contributed by atoms with Crippen molar-refractivity contribution in [2.45, 2.75) is 37.1 Å². The third-order valence-corrected chi connectivity index (χ3v) is 5.60. The molecule has 0 spiro atoms. The molecule has 1 fully saturated rings. The van der Waals surface area contributed by atoms with Crippen LogP contribution in [0.4, 0.5) is 4.39 Å². The number of benzene rings is 1. The number of guanidine groups is 1. The van der Waals surface area contributed by atoms with E-state index < -0.39 is 0 Å². The minimum atomic E-state index is -0.225. The predicted molar refractivity (Wildman–Crippen MR) is 92.4 cm³/mol. The van der Waals surface area contributed by atoms with Crippen molar-refractivity contribution >= 4 is 33.7 Å². The average molecular weight is 374 g/mol. The molecule has 0 heterocycles. The van der Waals surface area contributed by atoms with E-state index in [2.05, 4.69) is 37.8 Å². The summed E-state index contributed by atoms with van der Waals surface area (Å²) in [5.41, 5.74) is 0.881. The number of hydrogen-bond acceptors (Lipinski definition) is 2. The van der Waals surface area contributed by atoms with Crippen molar-refractivity contribution < 1.29 is 4.39 Å². The molecule has 2 rings (SSSR count). The van der Waals surface area contributed by atoms with Gasteiger partial charge in [-0.3, -0.25) is 4.99 Å². The second kappa shape index (κ2) is 8.03. The number of nitrogens with one attached hydrogen (secondary N) is 2. The Kier molecular flexibility index (Phi) is 6.36. The van der Waals surface area contributed by atoms with Gasteiger partial charge in [-0.1, -0.05) is 15.9 Å². The molecule has 2 atom stereocenters. The maximum Gasteiger partial charge on any atom is 0.191 e. The molecule has 1 aromatic carbocycles. The molecule has 2 N–H and O–H groups in total. The molecule has 21 heavy (non-hydrogen) atoms. The molecule has 1 aliphatic carbocycles. The molecule has 0 aromatic heterocycles. The maximum atomic E-state index is 13.3. The molecule has 3 nitrogen and oxygen atoms in total. The van der Waals surface area contributed by atoms with Crippen LogP contribution in [0.2, 0.25) is 0 Å². The summed E-state index contributed by atoms with van der Waals surface area (Å²) in [7, 11) is 1.76. The van der Waals surface area contributed by atoms with Crippen molar-refractivity contribution in [1.82, 2.24) is 10.6 Å². The van der Waals surface area contributed by atoms with E-state index in [9.17, 15) is 4.39 Å². The first kappa shape index (κ1) is 16.6. The molecule has 6 heteroatoms. The summed E-state index contributed by atoms with van der Waals surface area (Å²) >= 11 is 5.37. The van der Waals surface area contributed by atoms with Crippen LogP contribution < -0.4 is 10.6 Å². The first-order valence-electron chi connectivity index (χ1n) is 7.06. The van der Waals surface area contributed by atoms with Gasteiger partial charge in [0.05, 0.1) is 0 Å². The number of nitrogens with zero attached hydrogens (tertiary/aromatic N) is 1. The molecule has 1 aromatic rings. The van der Waals surface area contributed by atoms with Gasteiger partial charge in [0.15, 0.2) is 5.96 Å². The molecule has 0 bridgehead atoms. The Morgan fingerprint density at radius 1 is 1.48 bits per heavy atom. The molecule has 0 radical (unpaired) electrons. The summed E-state index contributed by atoms with van der Waals surface area (Å²) in [6.07, 6.45) is 5.77. The fourth-order valence-electron chi connectivity index (χ4n) is 2.53. The highest BCUT2D eigenvalue weighted by atomic mass is 79.9. The van der Waals surface area contributed by atoms with Gasteiger partial charge in [0.1, 0.15) is 5.82 Å². The zero-order valence-corrected chi connectivity index (χ0v) is 14.7. The first-order chi connectivity index (χ1) is 10.1. The lowest BCUT2D eigenvalue weighted by Gasteiger charge is -2.17. The SMILES string of the molecule is CN=C(NCc1cc(F)ccc1Br)NC1CCC(SC)C1. The monoisotopic (exact) mass is 373 g/mol. The van der Waals surface area contributed by atoms with Crippen LogP contribution in [0.25, 0.3) is 0 Å². The van der Waals surface area contributed by atoms with Crippen LogP contribution in [0.1, 0.15) is 24.8 Å². The van der Waals surface area contributed by atoms with Crippen LogP contribution in [0.5, 0.6) is 0 Å².